The van der Waals surface area contributed by atoms with E-state index in [4.69, 9.17) is 16.3 Å². The van der Waals surface area contributed by atoms with E-state index < -0.39 is 21.6 Å². The molecule has 0 radical (unpaired) electrons. The fraction of sp³-hybridized carbons (Fsp3) is 0.286. The minimum atomic E-state index is -4.54. The summed E-state index contributed by atoms with van der Waals surface area (Å²) in [6.45, 7) is 0.121. The monoisotopic (exact) mass is 395 g/mol. The average Bonchev–Trinajstić information content (AvgIpc) is 2.51. The summed E-state index contributed by atoms with van der Waals surface area (Å²) in [6.07, 6.45) is -1.45. The molecule has 136 valence electrons. The van der Waals surface area contributed by atoms with E-state index in [0.29, 0.717) is 6.20 Å². The standard InChI is InChI=1S/C14H13ClF3N3O3S/c1-25(22,23)11-3-2-4-19-12(11)20-5-6-24-13-10(15)7-9(8-21-13)14(16,17)18/h2-4,7-8H,5-6H2,1H3,(H,19,20). The van der Waals surface area contributed by atoms with Gasteiger partial charge < -0.3 is 10.1 Å². The van der Waals surface area contributed by atoms with E-state index in [9.17, 15) is 21.6 Å². The third-order valence-corrected chi connectivity index (χ3v) is 4.34. The molecule has 2 heterocycles. The van der Waals surface area contributed by atoms with Gasteiger partial charge in [-0.25, -0.2) is 18.4 Å². The molecule has 0 saturated heterocycles. The number of nitrogens with one attached hydrogen (secondary N) is 1. The molecule has 0 fully saturated rings. The first-order valence-corrected chi connectivity index (χ1v) is 9.10. The Hall–Kier alpha value is -2.07. The molecule has 2 aromatic rings. The van der Waals surface area contributed by atoms with Crippen LogP contribution in [0.1, 0.15) is 5.56 Å². The third-order valence-electron chi connectivity index (χ3n) is 2.94. The second-order valence-corrected chi connectivity index (χ2v) is 7.30. The molecular weight excluding hydrogens is 383 g/mol. The van der Waals surface area contributed by atoms with E-state index in [1.807, 2.05) is 0 Å². The summed E-state index contributed by atoms with van der Waals surface area (Å²) in [7, 11) is -3.45. The number of sulfone groups is 1. The summed E-state index contributed by atoms with van der Waals surface area (Å²) in [5, 5.41) is 2.51. The maximum atomic E-state index is 12.5. The lowest BCUT2D eigenvalue weighted by Gasteiger charge is -2.12. The van der Waals surface area contributed by atoms with Crippen LogP contribution in [0.25, 0.3) is 0 Å². The lowest BCUT2D eigenvalue weighted by molar-refractivity contribution is -0.137. The van der Waals surface area contributed by atoms with Gasteiger partial charge in [0.25, 0.3) is 0 Å². The fourth-order valence-electron chi connectivity index (χ4n) is 1.83. The highest BCUT2D eigenvalue weighted by Crippen LogP contribution is 2.33. The van der Waals surface area contributed by atoms with Crippen LogP contribution in [0.4, 0.5) is 19.0 Å². The van der Waals surface area contributed by atoms with Gasteiger partial charge in [0, 0.05) is 18.6 Å². The normalized spacial score (nSPS) is 12.0. The molecule has 0 saturated carbocycles. The summed E-state index contributed by atoms with van der Waals surface area (Å²) in [6, 6.07) is 3.61. The molecule has 6 nitrogen and oxygen atoms in total. The summed E-state index contributed by atoms with van der Waals surface area (Å²) in [5.41, 5.74) is -0.978. The number of aromatic nitrogens is 2. The molecule has 2 rings (SSSR count). The lowest BCUT2D eigenvalue weighted by atomic mass is 10.3. The van der Waals surface area contributed by atoms with Crippen molar-refractivity contribution in [3.8, 4) is 5.88 Å². The molecule has 0 bridgehead atoms. The molecule has 0 spiro atoms. The van der Waals surface area contributed by atoms with Crippen LogP contribution in [0.15, 0.2) is 35.5 Å². The first kappa shape index (κ1) is 19.3. The van der Waals surface area contributed by atoms with Gasteiger partial charge in [-0.1, -0.05) is 11.6 Å². The zero-order valence-corrected chi connectivity index (χ0v) is 14.4. The van der Waals surface area contributed by atoms with Crippen molar-refractivity contribution in [2.75, 3.05) is 24.7 Å². The number of pyridine rings is 2. The van der Waals surface area contributed by atoms with Crippen LogP contribution in [0.2, 0.25) is 5.02 Å². The maximum Gasteiger partial charge on any atom is 0.417 e. The highest BCUT2D eigenvalue weighted by molar-refractivity contribution is 7.90. The third kappa shape index (κ3) is 5.20. The molecule has 0 amide bonds. The summed E-state index contributed by atoms with van der Waals surface area (Å²) < 4.78 is 66.0. The Morgan fingerprint density at radius 2 is 2.04 bits per heavy atom. The van der Waals surface area contributed by atoms with E-state index >= 15 is 0 Å². The molecule has 0 aromatic carbocycles. The van der Waals surface area contributed by atoms with Gasteiger partial charge in [-0.15, -0.1) is 0 Å². The summed E-state index contributed by atoms with van der Waals surface area (Å²) in [5.74, 6) is 0.000833. The first-order chi connectivity index (χ1) is 11.6. The second kappa shape index (κ2) is 7.44. The minimum absolute atomic E-state index is 0.0160. The van der Waals surface area contributed by atoms with Crippen molar-refractivity contribution >= 4 is 27.3 Å². The van der Waals surface area contributed by atoms with Crippen LogP contribution in [-0.2, 0) is 16.0 Å². The van der Waals surface area contributed by atoms with Crippen molar-refractivity contribution in [3.63, 3.8) is 0 Å². The van der Waals surface area contributed by atoms with Crippen molar-refractivity contribution in [3.05, 3.63) is 41.2 Å². The largest absolute Gasteiger partial charge is 0.475 e. The molecule has 25 heavy (non-hydrogen) atoms. The molecule has 0 aliphatic rings. The van der Waals surface area contributed by atoms with Crippen molar-refractivity contribution in [1.29, 1.82) is 0 Å². The van der Waals surface area contributed by atoms with Gasteiger partial charge in [-0.2, -0.15) is 13.2 Å². The maximum absolute atomic E-state index is 12.5. The number of hydrogen-bond donors (Lipinski definition) is 1. The van der Waals surface area contributed by atoms with Gasteiger partial charge in [0.1, 0.15) is 22.3 Å². The van der Waals surface area contributed by atoms with Crippen LogP contribution in [0, 0.1) is 0 Å². The molecule has 1 N–H and O–H groups in total. The predicted molar refractivity (Wildman–Crippen MR) is 85.6 cm³/mol. The Bertz CT molecular complexity index is 860. The van der Waals surface area contributed by atoms with Gasteiger partial charge >= 0.3 is 6.18 Å². The van der Waals surface area contributed by atoms with Crippen molar-refractivity contribution in [2.45, 2.75) is 11.1 Å². The van der Waals surface area contributed by atoms with Crippen molar-refractivity contribution < 1.29 is 26.3 Å². The highest BCUT2D eigenvalue weighted by atomic mass is 35.5. The zero-order valence-electron chi connectivity index (χ0n) is 12.8. The zero-order chi connectivity index (χ0) is 18.7. The van der Waals surface area contributed by atoms with Crippen LogP contribution < -0.4 is 10.1 Å². The van der Waals surface area contributed by atoms with Crippen LogP contribution in [-0.4, -0.2) is 37.8 Å². The predicted octanol–water partition coefficient (Wildman–Crippen LogP) is 3.04. The number of halogens is 4. The molecule has 0 unspecified atom stereocenters. The van der Waals surface area contributed by atoms with Crippen LogP contribution >= 0.6 is 11.6 Å². The molecule has 2 aromatic heterocycles. The topological polar surface area (TPSA) is 81.2 Å². The first-order valence-electron chi connectivity index (χ1n) is 6.83. The van der Waals surface area contributed by atoms with E-state index in [1.54, 1.807) is 0 Å². The number of alkyl halides is 3. The number of ether oxygens (including phenoxy) is 1. The number of rotatable bonds is 6. The smallest absolute Gasteiger partial charge is 0.417 e. The van der Waals surface area contributed by atoms with Gasteiger partial charge in [-0.3, -0.25) is 0 Å². The number of hydrogen-bond acceptors (Lipinski definition) is 6. The average molecular weight is 396 g/mol. The fourth-order valence-corrected chi connectivity index (χ4v) is 2.85. The molecule has 0 aliphatic heterocycles. The Kier molecular flexibility index (Phi) is 5.73. The second-order valence-electron chi connectivity index (χ2n) is 4.91. The van der Waals surface area contributed by atoms with Gasteiger partial charge in [-0.05, 0) is 18.2 Å². The van der Waals surface area contributed by atoms with Gasteiger partial charge in [0.2, 0.25) is 5.88 Å². The summed E-state index contributed by atoms with van der Waals surface area (Å²) >= 11 is 5.72. The van der Waals surface area contributed by atoms with E-state index in [2.05, 4.69) is 15.3 Å². The van der Waals surface area contributed by atoms with Crippen molar-refractivity contribution in [1.82, 2.24) is 9.97 Å². The molecule has 0 atom stereocenters. The SMILES string of the molecule is CS(=O)(=O)c1cccnc1NCCOc1ncc(C(F)(F)F)cc1Cl. The van der Waals surface area contributed by atoms with Gasteiger partial charge in [0.05, 0.1) is 12.1 Å². The van der Waals surface area contributed by atoms with Crippen LogP contribution in [0.3, 0.4) is 0 Å². The van der Waals surface area contributed by atoms with E-state index in [0.717, 1.165) is 12.3 Å². The minimum Gasteiger partial charge on any atom is -0.475 e. The van der Waals surface area contributed by atoms with E-state index in [-0.39, 0.29) is 34.8 Å². The Morgan fingerprint density at radius 3 is 2.64 bits per heavy atom. The summed E-state index contributed by atoms with van der Waals surface area (Å²) in [4.78, 5) is 7.49. The van der Waals surface area contributed by atoms with Crippen LogP contribution in [0.5, 0.6) is 5.88 Å². The van der Waals surface area contributed by atoms with Gasteiger partial charge in [0.15, 0.2) is 9.84 Å². The number of nitrogens with zero attached hydrogens (tertiary/aromatic N) is 2. The highest BCUT2D eigenvalue weighted by Gasteiger charge is 2.31. The quantitative estimate of drug-likeness (QED) is 0.757. The molecule has 11 heteroatoms. The Morgan fingerprint density at radius 1 is 1.32 bits per heavy atom. The van der Waals surface area contributed by atoms with E-state index in [1.165, 1.54) is 18.3 Å². The molecular formula is C14H13ClF3N3O3S. The Balaban J connectivity index is 1.97. The number of anilines is 1. The Labute approximate surface area is 146 Å². The lowest BCUT2D eigenvalue weighted by Crippen LogP contribution is -2.15. The molecule has 0 aliphatic carbocycles. The van der Waals surface area contributed by atoms with Crippen molar-refractivity contribution in [2.24, 2.45) is 0 Å².